The molecule has 0 radical (unpaired) electrons. The third kappa shape index (κ3) is 4.34. The van der Waals surface area contributed by atoms with Crippen LogP contribution in [0.4, 0.5) is 17.1 Å². The summed E-state index contributed by atoms with van der Waals surface area (Å²) in [5, 5.41) is 7.14. The summed E-state index contributed by atoms with van der Waals surface area (Å²) in [7, 11) is 0. The number of rotatable bonds is 4. The summed E-state index contributed by atoms with van der Waals surface area (Å²) in [5.41, 5.74) is 12.9. The summed E-state index contributed by atoms with van der Waals surface area (Å²) in [4.78, 5) is 2.40. The van der Waals surface area contributed by atoms with Crippen LogP contribution in [0, 0.1) is 0 Å². The van der Waals surface area contributed by atoms with E-state index in [2.05, 4.69) is 170 Å². The minimum absolute atomic E-state index is 0.0924. The van der Waals surface area contributed by atoms with Gasteiger partial charge in [0.1, 0.15) is 11.2 Å². The molecule has 0 spiro atoms. The minimum Gasteiger partial charge on any atom is -0.456 e. The highest BCUT2D eigenvalue weighted by molar-refractivity contribution is 6.10. The van der Waals surface area contributed by atoms with Crippen LogP contribution in [0.5, 0.6) is 0 Å². The lowest BCUT2D eigenvalue weighted by Crippen LogP contribution is -2.16. The fourth-order valence-electron chi connectivity index (χ4n) is 8.05. The average Bonchev–Trinajstić information content (AvgIpc) is 3.62. The Labute approximate surface area is 285 Å². The van der Waals surface area contributed by atoms with Gasteiger partial charge in [0.15, 0.2) is 0 Å². The molecule has 10 rings (SSSR count). The Morgan fingerprint density at radius 2 is 1.06 bits per heavy atom. The molecule has 232 valence electrons. The number of anilines is 3. The second kappa shape index (κ2) is 10.4. The third-order valence-electron chi connectivity index (χ3n) is 10.6. The minimum atomic E-state index is -0.0924. The SMILES string of the molecule is CC1(C)c2ccccc2-c2ccc(N(c3ccc(-c4ccc5ccccc5c4)cc3)c3ccc4cc5oc6ccccc6c5cc4c3)cc21. The Balaban J connectivity index is 1.13. The molecule has 2 nitrogen and oxygen atoms in total. The predicted octanol–water partition coefficient (Wildman–Crippen LogP) is 13.3. The summed E-state index contributed by atoms with van der Waals surface area (Å²) >= 11 is 0. The number of nitrogens with zero attached hydrogens (tertiary/aromatic N) is 1. The molecular formula is C47H33NO. The van der Waals surface area contributed by atoms with Crippen molar-refractivity contribution in [3.8, 4) is 22.3 Å². The molecule has 0 saturated carbocycles. The first-order valence-corrected chi connectivity index (χ1v) is 17.0. The Morgan fingerprint density at radius 1 is 0.408 bits per heavy atom. The average molecular weight is 628 g/mol. The van der Waals surface area contributed by atoms with Gasteiger partial charge in [0.2, 0.25) is 0 Å². The van der Waals surface area contributed by atoms with Gasteiger partial charge < -0.3 is 9.32 Å². The van der Waals surface area contributed by atoms with Crippen LogP contribution in [0.3, 0.4) is 0 Å². The number of fused-ring (bicyclic) bond motifs is 8. The highest BCUT2D eigenvalue weighted by Gasteiger charge is 2.35. The first-order chi connectivity index (χ1) is 24.0. The molecule has 0 aliphatic heterocycles. The van der Waals surface area contributed by atoms with Crippen molar-refractivity contribution in [1.29, 1.82) is 0 Å². The first kappa shape index (κ1) is 27.9. The van der Waals surface area contributed by atoms with Gasteiger partial charge in [-0.15, -0.1) is 0 Å². The number of hydrogen-bond donors (Lipinski definition) is 0. The van der Waals surface area contributed by atoms with E-state index in [-0.39, 0.29) is 5.41 Å². The molecule has 49 heavy (non-hydrogen) atoms. The Hall–Kier alpha value is -6.12. The molecule has 1 aromatic heterocycles. The quantitative estimate of drug-likeness (QED) is 0.193. The van der Waals surface area contributed by atoms with E-state index in [1.807, 2.05) is 12.1 Å². The van der Waals surface area contributed by atoms with E-state index in [4.69, 9.17) is 4.42 Å². The molecule has 0 saturated heterocycles. The van der Waals surface area contributed by atoms with Crippen LogP contribution in [-0.4, -0.2) is 0 Å². The number of hydrogen-bond acceptors (Lipinski definition) is 2. The summed E-state index contributed by atoms with van der Waals surface area (Å²) in [6.07, 6.45) is 0. The standard InChI is InChI=1S/C47H33NO/c1-47(2)43-13-7-5-11-39(43)40-24-23-38(29-44(40)47)48(36-20-17-31(18-21-36)33-16-15-30-9-3-4-10-32(30)25-33)37-22-19-34-28-46-42(27-35(34)26-37)41-12-6-8-14-45(41)49-46/h3-29H,1-2H3. The van der Waals surface area contributed by atoms with Gasteiger partial charge in [-0.2, -0.15) is 0 Å². The van der Waals surface area contributed by atoms with Crippen molar-refractivity contribution < 1.29 is 4.42 Å². The summed E-state index contributed by atoms with van der Waals surface area (Å²) in [6.45, 7) is 4.70. The second-order valence-corrected chi connectivity index (χ2v) is 13.8. The van der Waals surface area contributed by atoms with Crippen molar-refractivity contribution in [3.05, 3.63) is 175 Å². The third-order valence-corrected chi connectivity index (χ3v) is 10.6. The van der Waals surface area contributed by atoms with Crippen molar-refractivity contribution in [3.63, 3.8) is 0 Å². The highest BCUT2D eigenvalue weighted by Crippen LogP contribution is 2.50. The summed E-state index contributed by atoms with van der Waals surface area (Å²) in [5.74, 6) is 0. The van der Waals surface area contributed by atoms with Crippen LogP contribution in [0.25, 0.3) is 65.7 Å². The van der Waals surface area contributed by atoms with Crippen LogP contribution in [-0.2, 0) is 5.41 Å². The van der Waals surface area contributed by atoms with Crippen LogP contribution in [0.15, 0.2) is 168 Å². The molecule has 0 N–H and O–H groups in total. The second-order valence-electron chi connectivity index (χ2n) is 13.8. The molecule has 0 atom stereocenters. The van der Waals surface area contributed by atoms with Crippen LogP contribution >= 0.6 is 0 Å². The molecule has 0 bridgehead atoms. The fraction of sp³-hybridized carbons (Fsp3) is 0.0638. The van der Waals surface area contributed by atoms with Crippen molar-refractivity contribution in [1.82, 2.24) is 0 Å². The maximum atomic E-state index is 6.23. The molecule has 8 aromatic carbocycles. The zero-order valence-electron chi connectivity index (χ0n) is 27.4. The van der Waals surface area contributed by atoms with Gasteiger partial charge in [0.25, 0.3) is 0 Å². The zero-order chi connectivity index (χ0) is 32.7. The van der Waals surface area contributed by atoms with Crippen LogP contribution in [0.2, 0.25) is 0 Å². The van der Waals surface area contributed by atoms with E-state index in [1.165, 1.54) is 49.5 Å². The molecule has 1 aliphatic carbocycles. The molecule has 0 unspecified atom stereocenters. The largest absolute Gasteiger partial charge is 0.456 e. The molecule has 9 aromatic rings. The van der Waals surface area contributed by atoms with E-state index in [0.29, 0.717) is 0 Å². The van der Waals surface area contributed by atoms with E-state index in [1.54, 1.807) is 0 Å². The van der Waals surface area contributed by atoms with E-state index in [9.17, 15) is 0 Å². The van der Waals surface area contributed by atoms with Crippen molar-refractivity contribution >= 4 is 60.5 Å². The van der Waals surface area contributed by atoms with E-state index in [0.717, 1.165) is 44.4 Å². The lowest BCUT2D eigenvalue weighted by Gasteiger charge is -2.28. The number of para-hydroxylation sites is 1. The predicted molar refractivity (Wildman–Crippen MR) is 206 cm³/mol. The Bertz CT molecular complexity index is 2750. The van der Waals surface area contributed by atoms with Gasteiger partial charge in [-0.3, -0.25) is 0 Å². The topological polar surface area (TPSA) is 16.4 Å². The molecule has 0 amide bonds. The van der Waals surface area contributed by atoms with Gasteiger partial charge in [-0.1, -0.05) is 117 Å². The van der Waals surface area contributed by atoms with Gasteiger partial charge in [0, 0.05) is 33.2 Å². The van der Waals surface area contributed by atoms with Crippen LogP contribution < -0.4 is 4.90 Å². The molecule has 0 fully saturated rings. The maximum absolute atomic E-state index is 6.23. The maximum Gasteiger partial charge on any atom is 0.136 e. The van der Waals surface area contributed by atoms with Gasteiger partial charge in [-0.05, 0) is 116 Å². The lowest BCUT2D eigenvalue weighted by molar-refractivity contribution is 0.660. The Morgan fingerprint density at radius 3 is 1.96 bits per heavy atom. The summed E-state index contributed by atoms with van der Waals surface area (Å²) in [6, 6.07) is 59.7. The van der Waals surface area contributed by atoms with Gasteiger partial charge >= 0.3 is 0 Å². The van der Waals surface area contributed by atoms with Crippen LogP contribution in [0.1, 0.15) is 25.0 Å². The fourth-order valence-corrected chi connectivity index (χ4v) is 8.05. The molecule has 1 aliphatic rings. The monoisotopic (exact) mass is 627 g/mol. The van der Waals surface area contributed by atoms with Gasteiger partial charge in [-0.25, -0.2) is 0 Å². The molecule has 2 heteroatoms. The van der Waals surface area contributed by atoms with Gasteiger partial charge in [0.05, 0.1) is 0 Å². The zero-order valence-corrected chi connectivity index (χ0v) is 27.4. The van der Waals surface area contributed by atoms with Crippen molar-refractivity contribution in [2.45, 2.75) is 19.3 Å². The normalized spacial score (nSPS) is 13.3. The van der Waals surface area contributed by atoms with Crippen molar-refractivity contribution in [2.75, 3.05) is 4.90 Å². The number of benzene rings is 8. The Kier molecular flexibility index (Phi) is 5.95. The molecule has 1 heterocycles. The summed E-state index contributed by atoms with van der Waals surface area (Å²) < 4.78 is 6.23. The lowest BCUT2D eigenvalue weighted by atomic mass is 9.82. The molecular weight excluding hydrogens is 595 g/mol. The smallest absolute Gasteiger partial charge is 0.136 e. The van der Waals surface area contributed by atoms with E-state index >= 15 is 0 Å². The number of furan rings is 1. The van der Waals surface area contributed by atoms with Crippen molar-refractivity contribution in [2.24, 2.45) is 0 Å². The first-order valence-electron chi connectivity index (χ1n) is 17.0. The van der Waals surface area contributed by atoms with E-state index < -0.39 is 0 Å². The highest BCUT2D eigenvalue weighted by atomic mass is 16.3.